The molecule has 0 unspecified atom stereocenters. The Kier molecular flexibility index (Phi) is 4.26. The molecule has 0 saturated heterocycles. The van der Waals surface area contributed by atoms with Gasteiger partial charge < -0.3 is 9.73 Å². The molecule has 0 atom stereocenters. The van der Waals surface area contributed by atoms with Crippen molar-refractivity contribution in [3.8, 4) is 11.5 Å². The van der Waals surface area contributed by atoms with Gasteiger partial charge >= 0.3 is 0 Å². The highest BCUT2D eigenvalue weighted by Gasteiger charge is 2.12. The molecular weight excluding hydrogens is 399 g/mol. The van der Waals surface area contributed by atoms with Gasteiger partial charge in [0.2, 0.25) is 5.89 Å². The van der Waals surface area contributed by atoms with E-state index in [1.165, 1.54) is 12.1 Å². The summed E-state index contributed by atoms with van der Waals surface area (Å²) < 4.78 is 19.5. The molecule has 0 aliphatic carbocycles. The summed E-state index contributed by atoms with van der Waals surface area (Å²) in [6.45, 7) is 0. The molecule has 1 aromatic heterocycles. The number of oxazole rings is 1. The van der Waals surface area contributed by atoms with E-state index in [1.807, 2.05) is 12.1 Å². The Morgan fingerprint density at radius 3 is 2.58 bits per heavy atom. The van der Waals surface area contributed by atoms with Crippen molar-refractivity contribution < 1.29 is 13.6 Å². The monoisotopic (exact) mass is 410 g/mol. The van der Waals surface area contributed by atoms with Crippen LogP contribution in [0.1, 0.15) is 10.4 Å². The highest BCUT2D eigenvalue weighted by Crippen LogP contribution is 2.27. The lowest BCUT2D eigenvalue weighted by Gasteiger charge is -2.06. The number of nitrogens with zero attached hydrogens (tertiary/aromatic N) is 1. The molecule has 0 saturated carbocycles. The topological polar surface area (TPSA) is 55.1 Å². The molecule has 4 rings (SSSR count). The van der Waals surface area contributed by atoms with Crippen LogP contribution in [-0.2, 0) is 0 Å². The molecule has 128 valence electrons. The van der Waals surface area contributed by atoms with Crippen molar-refractivity contribution in [2.75, 3.05) is 5.32 Å². The van der Waals surface area contributed by atoms with Gasteiger partial charge in [0.1, 0.15) is 11.3 Å². The largest absolute Gasteiger partial charge is 0.436 e. The Morgan fingerprint density at radius 1 is 1.04 bits per heavy atom. The van der Waals surface area contributed by atoms with E-state index in [9.17, 15) is 9.18 Å². The van der Waals surface area contributed by atoms with Crippen molar-refractivity contribution in [2.24, 2.45) is 0 Å². The number of hydrogen-bond donors (Lipinski definition) is 1. The van der Waals surface area contributed by atoms with Gasteiger partial charge in [-0.25, -0.2) is 9.37 Å². The second-order valence-electron chi connectivity index (χ2n) is 5.64. The molecule has 1 amide bonds. The van der Waals surface area contributed by atoms with Crippen LogP contribution < -0.4 is 5.32 Å². The van der Waals surface area contributed by atoms with Gasteiger partial charge in [-0.15, -0.1) is 0 Å². The number of anilines is 1. The average Bonchev–Trinajstić information content (AvgIpc) is 3.06. The summed E-state index contributed by atoms with van der Waals surface area (Å²) in [6, 6.07) is 18.3. The van der Waals surface area contributed by atoms with Gasteiger partial charge in [0, 0.05) is 21.8 Å². The number of nitrogens with one attached hydrogen (secondary N) is 1. The van der Waals surface area contributed by atoms with Crippen LogP contribution in [0.5, 0.6) is 0 Å². The molecule has 4 nitrogen and oxygen atoms in total. The predicted molar refractivity (Wildman–Crippen MR) is 101 cm³/mol. The summed E-state index contributed by atoms with van der Waals surface area (Å²) in [6.07, 6.45) is 0. The molecule has 1 heterocycles. The maximum atomic E-state index is 13.1. The number of amides is 1. The summed E-state index contributed by atoms with van der Waals surface area (Å²) >= 11 is 3.37. The average molecular weight is 411 g/mol. The van der Waals surface area contributed by atoms with E-state index in [4.69, 9.17) is 4.42 Å². The lowest BCUT2D eigenvalue weighted by molar-refractivity contribution is 0.102. The Balaban J connectivity index is 1.62. The minimum absolute atomic E-state index is 0.227. The fourth-order valence-corrected chi connectivity index (χ4v) is 3.03. The molecule has 4 aromatic rings. The number of halogens is 2. The molecule has 6 heteroatoms. The fraction of sp³-hybridized carbons (Fsp3) is 0. The Hall–Kier alpha value is -2.99. The number of aromatic nitrogens is 1. The van der Waals surface area contributed by atoms with Crippen LogP contribution in [0.25, 0.3) is 22.6 Å². The SMILES string of the molecule is O=C(Nc1ccc2nc(-c3ccc(F)cc3)oc2c1)c1ccccc1Br. The first-order valence-corrected chi connectivity index (χ1v) is 8.62. The van der Waals surface area contributed by atoms with Gasteiger partial charge in [0.25, 0.3) is 5.91 Å². The van der Waals surface area contributed by atoms with E-state index in [0.717, 1.165) is 4.47 Å². The van der Waals surface area contributed by atoms with Crippen LogP contribution in [0.2, 0.25) is 0 Å². The molecule has 0 aliphatic rings. The predicted octanol–water partition coefficient (Wildman–Crippen LogP) is 5.65. The highest BCUT2D eigenvalue weighted by atomic mass is 79.9. The van der Waals surface area contributed by atoms with Crippen LogP contribution >= 0.6 is 15.9 Å². The third-order valence-corrected chi connectivity index (χ3v) is 4.55. The second kappa shape index (κ2) is 6.72. The number of benzene rings is 3. The van der Waals surface area contributed by atoms with E-state index < -0.39 is 0 Å². The molecule has 26 heavy (non-hydrogen) atoms. The van der Waals surface area contributed by atoms with Crippen molar-refractivity contribution in [2.45, 2.75) is 0 Å². The van der Waals surface area contributed by atoms with Gasteiger partial charge in [-0.05, 0) is 64.5 Å². The smallest absolute Gasteiger partial charge is 0.256 e. The van der Waals surface area contributed by atoms with Gasteiger partial charge in [-0.3, -0.25) is 4.79 Å². The fourth-order valence-electron chi connectivity index (χ4n) is 2.56. The van der Waals surface area contributed by atoms with Gasteiger partial charge in [-0.2, -0.15) is 0 Å². The molecule has 1 N–H and O–H groups in total. The third-order valence-electron chi connectivity index (χ3n) is 3.86. The first kappa shape index (κ1) is 16.5. The standard InChI is InChI=1S/C20H12BrFN2O2/c21-16-4-2-1-3-15(16)19(25)23-14-9-10-17-18(11-14)26-20(24-17)12-5-7-13(22)8-6-12/h1-11H,(H,23,25). The summed E-state index contributed by atoms with van der Waals surface area (Å²) in [5.41, 5.74) is 3.01. The quantitative estimate of drug-likeness (QED) is 0.474. The number of rotatable bonds is 3. The molecule has 0 spiro atoms. The molecule has 0 aliphatic heterocycles. The van der Waals surface area contributed by atoms with Crippen LogP contribution in [0, 0.1) is 5.82 Å². The van der Waals surface area contributed by atoms with Gasteiger partial charge in [0.05, 0.1) is 5.56 Å². The minimum Gasteiger partial charge on any atom is -0.436 e. The van der Waals surface area contributed by atoms with Crippen molar-refractivity contribution >= 4 is 38.6 Å². The van der Waals surface area contributed by atoms with E-state index in [-0.39, 0.29) is 11.7 Å². The molecule has 3 aromatic carbocycles. The maximum absolute atomic E-state index is 13.1. The molecule has 0 radical (unpaired) electrons. The van der Waals surface area contributed by atoms with Crippen molar-refractivity contribution in [3.63, 3.8) is 0 Å². The lowest BCUT2D eigenvalue weighted by atomic mass is 10.2. The number of carbonyl (C=O) groups is 1. The summed E-state index contributed by atoms with van der Waals surface area (Å²) in [7, 11) is 0. The minimum atomic E-state index is -0.318. The van der Waals surface area contributed by atoms with E-state index >= 15 is 0 Å². The number of hydrogen-bond acceptors (Lipinski definition) is 3. The normalized spacial score (nSPS) is 10.8. The first-order chi connectivity index (χ1) is 12.6. The second-order valence-corrected chi connectivity index (χ2v) is 6.50. The highest BCUT2D eigenvalue weighted by molar-refractivity contribution is 9.10. The maximum Gasteiger partial charge on any atom is 0.256 e. The number of carbonyl (C=O) groups excluding carboxylic acids is 1. The Labute approximate surface area is 156 Å². The molecule has 0 bridgehead atoms. The zero-order valence-corrected chi connectivity index (χ0v) is 15.0. The first-order valence-electron chi connectivity index (χ1n) is 7.82. The van der Waals surface area contributed by atoms with Crippen LogP contribution in [0.15, 0.2) is 75.6 Å². The van der Waals surface area contributed by atoms with E-state index in [0.29, 0.717) is 33.8 Å². The van der Waals surface area contributed by atoms with Gasteiger partial charge in [0.15, 0.2) is 5.58 Å². The van der Waals surface area contributed by atoms with E-state index in [1.54, 1.807) is 42.5 Å². The summed E-state index contributed by atoms with van der Waals surface area (Å²) in [5, 5.41) is 2.84. The molecule has 0 fully saturated rings. The van der Waals surface area contributed by atoms with Crippen LogP contribution in [0.4, 0.5) is 10.1 Å². The van der Waals surface area contributed by atoms with Crippen LogP contribution in [-0.4, -0.2) is 10.9 Å². The lowest BCUT2D eigenvalue weighted by Crippen LogP contribution is -2.12. The zero-order chi connectivity index (χ0) is 18.1. The zero-order valence-electron chi connectivity index (χ0n) is 13.4. The van der Waals surface area contributed by atoms with Crippen LogP contribution in [0.3, 0.4) is 0 Å². The Bertz CT molecular complexity index is 1110. The summed E-state index contributed by atoms with van der Waals surface area (Å²) in [5.74, 6) is -0.147. The van der Waals surface area contributed by atoms with E-state index in [2.05, 4.69) is 26.2 Å². The van der Waals surface area contributed by atoms with Gasteiger partial charge in [-0.1, -0.05) is 12.1 Å². The number of fused-ring (bicyclic) bond motifs is 1. The summed E-state index contributed by atoms with van der Waals surface area (Å²) in [4.78, 5) is 16.8. The van der Waals surface area contributed by atoms with Crippen molar-refractivity contribution in [3.05, 3.63) is 82.6 Å². The third kappa shape index (κ3) is 3.23. The van der Waals surface area contributed by atoms with Crippen molar-refractivity contribution in [1.82, 2.24) is 4.98 Å². The Morgan fingerprint density at radius 2 is 1.81 bits per heavy atom. The molecular formula is C20H12BrFN2O2. The van der Waals surface area contributed by atoms with Crippen molar-refractivity contribution in [1.29, 1.82) is 0 Å².